The normalized spacial score (nSPS) is 12.4. The zero-order chi connectivity index (χ0) is 16.1. The van der Waals surface area contributed by atoms with Crippen molar-refractivity contribution < 1.29 is 21.6 Å². The van der Waals surface area contributed by atoms with Gasteiger partial charge in [0.05, 0.1) is 28.8 Å². The van der Waals surface area contributed by atoms with E-state index in [4.69, 9.17) is 5.26 Å². The molecular weight excluding hydrogens is 305 g/mol. The van der Waals surface area contributed by atoms with E-state index >= 15 is 0 Å². The van der Waals surface area contributed by atoms with Crippen molar-refractivity contribution in [3.05, 3.63) is 29.8 Å². The highest BCUT2D eigenvalue weighted by molar-refractivity contribution is 7.91. The number of sulfone groups is 1. The van der Waals surface area contributed by atoms with E-state index < -0.39 is 28.3 Å². The average Bonchev–Trinajstić information content (AvgIpc) is 2.42. The van der Waals surface area contributed by atoms with Gasteiger partial charge in [-0.25, -0.2) is 8.42 Å². The molecule has 0 bridgehead atoms. The second-order valence-corrected chi connectivity index (χ2v) is 6.55. The Bertz CT molecular complexity index is 604. The Kier molecular flexibility index (Phi) is 5.75. The van der Waals surface area contributed by atoms with E-state index in [0.717, 1.165) is 4.90 Å². The molecule has 0 amide bonds. The van der Waals surface area contributed by atoms with E-state index in [1.54, 1.807) is 6.92 Å². The Hall–Kier alpha value is -1.59. The summed E-state index contributed by atoms with van der Waals surface area (Å²) in [7, 11) is -3.66. The molecule has 0 fully saturated rings. The van der Waals surface area contributed by atoms with Gasteiger partial charge >= 0.3 is 6.18 Å². The van der Waals surface area contributed by atoms with E-state index in [2.05, 4.69) is 0 Å². The minimum atomic E-state index is -4.35. The molecule has 1 rings (SSSR count). The SMILES string of the molecule is CCN(CCS(=O)(=O)c1ccc(C#N)cc1)CC(F)(F)F. The number of nitrogens with zero attached hydrogens (tertiary/aromatic N) is 2. The first-order chi connectivity index (χ1) is 9.68. The average molecular weight is 320 g/mol. The van der Waals surface area contributed by atoms with Crippen LogP contribution >= 0.6 is 0 Å². The van der Waals surface area contributed by atoms with Crippen LogP contribution in [0.5, 0.6) is 0 Å². The monoisotopic (exact) mass is 320 g/mol. The van der Waals surface area contributed by atoms with Crippen molar-refractivity contribution >= 4 is 9.84 Å². The molecule has 0 aliphatic carbocycles. The largest absolute Gasteiger partial charge is 0.401 e. The topological polar surface area (TPSA) is 61.2 Å². The number of rotatable bonds is 6. The Labute approximate surface area is 121 Å². The maximum absolute atomic E-state index is 12.3. The Balaban J connectivity index is 2.73. The third kappa shape index (κ3) is 5.73. The predicted octanol–water partition coefficient (Wildman–Crippen LogP) is 2.22. The minimum Gasteiger partial charge on any atom is -0.294 e. The van der Waals surface area contributed by atoms with Gasteiger partial charge in [0.2, 0.25) is 0 Å². The van der Waals surface area contributed by atoms with Crippen LogP contribution in [-0.2, 0) is 9.84 Å². The van der Waals surface area contributed by atoms with Crippen LogP contribution in [0.2, 0.25) is 0 Å². The molecule has 0 atom stereocenters. The second kappa shape index (κ2) is 6.91. The molecule has 0 aromatic heterocycles. The van der Waals surface area contributed by atoms with Gasteiger partial charge in [0.15, 0.2) is 9.84 Å². The third-order valence-electron chi connectivity index (χ3n) is 2.87. The molecule has 1 aromatic rings. The van der Waals surface area contributed by atoms with E-state index in [1.165, 1.54) is 24.3 Å². The smallest absolute Gasteiger partial charge is 0.294 e. The predicted molar refractivity (Wildman–Crippen MR) is 71.4 cm³/mol. The quantitative estimate of drug-likeness (QED) is 0.806. The summed E-state index contributed by atoms with van der Waals surface area (Å²) in [6.07, 6.45) is -4.35. The Morgan fingerprint density at radius 1 is 1.24 bits per heavy atom. The van der Waals surface area contributed by atoms with Crippen molar-refractivity contribution in [3.63, 3.8) is 0 Å². The molecule has 8 heteroatoms. The second-order valence-electron chi connectivity index (χ2n) is 4.44. The summed E-state index contributed by atoms with van der Waals surface area (Å²) in [5, 5.41) is 8.63. The Morgan fingerprint density at radius 3 is 2.24 bits per heavy atom. The van der Waals surface area contributed by atoms with Gasteiger partial charge in [0, 0.05) is 6.54 Å². The lowest BCUT2D eigenvalue weighted by atomic mass is 10.2. The van der Waals surface area contributed by atoms with Crippen LogP contribution in [-0.4, -0.2) is 44.9 Å². The van der Waals surface area contributed by atoms with Crippen molar-refractivity contribution in [1.82, 2.24) is 4.90 Å². The molecule has 0 saturated heterocycles. The van der Waals surface area contributed by atoms with Gasteiger partial charge in [-0.3, -0.25) is 4.90 Å². The van der Waals surface area contributed by atoms with Gasteiger partial charge in [-0.15, -0.1) is 0 Å². The summed E-state index contributed by atoms with van der Waals surface area (Å²) in [6, 6.07) is 7.16. The summed E-state index contributed by atoms with van der Waals surface area (Å²) < 4.78 is 60.9. The molecule has 0 aliphatic rings. The van der Waals surface area contributed by atoms with Crippen LogP contribution in [0, 0.1) is 11.3 Å². The fourth-order valence-electron chi connectivity index (χ4n) is 1.71. The van der Waals surface area contributed by atoms with E-state index in [0.29, 0.717) is 5.56 Å². The van der Waals surface area contributed by atoms with Crippen LogP contribution in [0.3, 0.4) is 0 Å². The van der Waals surface area contributed by atoms with Gasteiger partial charge in [0.25, 0.3) is 0 Å². The molecule has 1 aromatic carbocycles. The zero-order valence-electron chi connectivity index (χ0n) is 11.4. The fourth-order valence-corrected chi connectivity index (χ4v) is 2.99. The number of benzene rings is 1. The van der Waals surface area contributed by atoms with E-state index in [-0.39, 0.29) is 18.0 Å². The zero-order valence-corrected chi connectivity index (χ0v) is 12.2. The van der Waals surface area contributed by atoms with Crippen molar-refractivity contribution in [3.8, 4) is 6.07 Å². The van der Waals surface area contributed by atoms with Crippen molar-refractivity contribution in [1.29, 1.82) is 5.26 Å². The maximum atomic E-state index is 12.3. The number of alkyl halides is 3. The lowest BCUT2D eigenvalue weighted by molar-refractivity contribution is -0.144. The van der Waals surface area contributed by atoms with Crippen LogP contribution in [0.15, 0.2) is 29.2 Å². The van der Waals surface area contributed by atoms with Gasteiger partial charge < -0.3 is 0 Å². The van der Waals surface area contributed by atoms with Gasteiger partial charge in [0.1, 0.15) is 0 Å². The standard InChI is InChI=1S/C13H15F3N2O2S/c1-2-18(10-13(14,15)16)7-8-21(19,20)12-5-3-11(9-17)4-6-12/h3-6H,2,7-8,10H2,1H3. The van der Waals surface area contributed by atoms with Crippen LogP contribution < -0.4 is 0 Å². The lowest BCUT2D eigenvalue weighted by Crippen LogP contribution is -2.37. The molecule has 0 spiro atoms. The molecular formula is C13H15F3N2O2S. The fraction of sp³-hybridized carbons (Fsp3) is 0.462. The summed E-state index contributed by atoms with van der Waals surface area (Å²) in [5.74, 6) is -0.400. The molecule has 0 heterocycles. The van der Waals surface area contributed by atoms with Crippen LogP contribution in [0.25, 0.3) is 0 Å². The highest BCUT2D eigenvalue weighted by atomic mass is 32.2. The summed E-state index contributed by atoms with van der Waals surface area (Å²) in [5.41, 5.74) is 0.321. The third-order valence-corrected chi connectivity index (χ3v) is 4.58. The molecule has 0 aliphatic heterocycles. The number of halogens is 3. The van der Waals surface area contributed by atoms with Crippen molar-refractivity contribution in [2.45, 2.75) is 18.0 Å². The first kappa shape index (κ1) is 17.5. The lowest BCUT2D eigenvalue weighted by Gasteiger charge is -2.21. The van der Waals surface area contributed by atoms with Gasteiger partial charge in [-0.2, -0.15) is 18.4 Å². The van der Waals surface area contributed by atoms with Crippen LogP contribution in [0.4, 0.5) is 13.2 Å². The van der Waals surface area contributed by atoms with E-state index in [9.17, 15) is 21.6 Å². The molecule has 0 radical (unpaired) electrons. The maximum Gasteiger partial charge on any atom is 0.401 e. The molecule has 0 saturated carbocycles. The summed E-state index contributed by atoms with van der Waals surface area (Å²) >= 11 is 0. The van der Waals surface area contributed by atoms with Gasteiger partial charge in [-0.1, -0.05) is 6.92 Å². The number of nitriles is 1. The molecule has 0 N–H and O–H groups in total. The molecule has 116 valence electrons. The van der Waals surface area contributed by atoms with Crippen molar-refractivity contribution in [2.24, 2.45) is 0 Å². The summed E-state index contributed by atoms with van der Waals surface area (Å²) in [4.78, 5) is 1.03. The van der Waals surface area contributed by atoms with E-state index in [1.807, 2.05) is 6.07 Å². The van der Waals surface area contributed by atoms with Crippen molar-refractivity contribution in [2.75, 3.05) is 25.4 Å². The van der Waals surface area contributed by atoms with Crippen LogP contribution in [0.1, 0.15) is 12.5 Å². The highest BCUT2D eigenvalue weighted by Crippen LogP contribution is 2.17. The first-order valence-corrected chi connectivity index (χ1v) is 7.85. The number of hydrogen-bond donors (Lipinski definition) is 0. The summed E-state index contributed by atoms with van der Waals surface area (Å²) in [6.45, 7) is 0.327. The first-order valence-electron chi connectivity index (χ1n) is 6.20. The van der Waals surface area contributed by atoms with Gasteiger partial charge in [-0.05, 0) is 30.8 Å². The highest BCUT2D eigenvalue weighted by Gasteiger charge is 2.30. The minimum absolute atomic E-state index is 0.00422. The molecule has 4 nitrogen and oxygen atoms in total. The molecule has 0 unspecified atom stereocenters. The Morgan fingerprint density at radius 2 is 1.81 bits per heavy atom. The molecule has 21 heavy (non-hydrogen) atoms. The number of hydrogen-bond acceptors (Lipinski definition) is 4.